The maximum atomic E-state index is 6.21. The molecule has 2 N–H and O–H groups in total. The minimum atomic E-state index is 0.213. The normalized spacial score (nSPS) is 16.3. The van der Waals surface area contributed by atoms with Crippen LogP contribution in [0.2, 0.25) is 0 Å². The van der Waals surface area contributed by atoms with Gasteiger partial charge >= 0.3 is 0 Å². The molecule has 1 aliphatic heterocycles. The third-order valence-corrected chi connectivity index (χ3v) is 7.14. The van der Waals surface area contributed by atoms with Gasteiger partial charge in [0.15, 0.2) is 0 Å². The number of imidazole rings is 1. The molecular weight excluding hydrogens is 432 g/mol. The smallest absolute Gasteiger partial charge is 0.138 e. The minimum Gasteiger partial charge on any atom is -0.370 e. The van der Waals surface area contributed by atoms with Crippen molar-refractivity contribution >= 4 is 22.2 Å². The van der Waals surface area contributed by atoms with Crippen LogP contribution < -0.4 is 5.73 Å². The summed E-state index contributed by atoms with van der Waals surface area (Å²) >= 11 is 0. The van der Waals surface area contributed by atoms with Crippen LogP contribution in [0.25, 0.3) is 33.6 Å². The number of likely N-dealkylation sites (tertiary alicyclic amines) is 1. The van der Waals surface area contributed by atoms with Crippen LogP contribution in [0, 0.1) is 6.92 Å². The van der Waals surface area contributed by atoms with Gasteiger partial charge in [0, 0.05) is 59.4 Å². The lowest BCUT2D eigenvalue weighted by Crippen LogP contribution is -2.41. The average molecular weight is 463 g/mol. The van der Waals surface area contributed by atoms with E-state index < -0.39 is 0 Å². The fourth-order valence-corrected chi connectivity index (χ4v) is 5.26. The fourth-order valence-electron chi connectivity index (χ4n) is 5.26. The summed E-state index contributed by atoms with van der Waals surface area (Å²) < 4.78 is 4.48. The topological polar surface area (TPSA) is 64.4 Å². The number of hydrogen-bond donors (Lipinski definition) is 1. The second kappa shape index (κ2) is 8.71. The third kappa shape index (κ3) is 3.90. The summed E-state index contributed by atoms with van der Waals surface area (Å²) in [5, 5.41) is 1.20. The van der Waals surface area contributed by atoms with Gasteiger partial charge in [-0.25, -0.2) is 4.98 Å². The van der Waals surface area contributed by atoms with Crippen molar-refractivity contribution in [2.75, 3.05) is 13.1 Å². The standard InChI is InChI=1S/C29H30N6/c1-20(33-14-7-9-24(30)18-33)22-12-15-34-21(2)29(32-28(34)17-22)27-16-23-8-3-4-11-26(23)35(27)19-25-10-5-6-13-31-25/h3-6,8,10-13,15-17,24H,1,7,9,14,18-19,30H2,2H3/t24-/m1/s1. The molecule has 0 saturated carbocycles. The monoisotopic (exact) mass is 462 g/mol. The molecule has 176 valence electrons. The summed E-state index contributed by atoms with van der Waals surface area (Å²) in [5.74, 6) is 0. The zero-order chi connectivity index (χ0) is 23.9. The van der Waals surface area contributed by atoms with E-state index in [0.717, 1.165) is 65.6 Å². The van der Waals surface area contributed by atoms with Gasteiger partial charge in [0.25, 0.3) is 0 Å². The van der Waals surface area contributed by atoms with Crippen molar-refractivity contribution in [1.82, 2.24) is 23.8 Å². The van der Waals surface area contributed by atoms with Crippen LogP contribution in [0.1, 0.15) is 29.8 Å². The Balaban J connectivity index is 1.43. The molecule has 0 unspecified atom stereocenters. The van der Waals surface area contributed by atoms with E-state index in [2.05, 4.69) is 87.1 Å². The highest BCUT2D eigenvalue weighted by Gasteiger charge is 2.21. The van der Waals surface area contributed by atoms with E-state index in [9.17, 15) is 0 Å². The van der Waals surface area contributed by atoms with Crippen LogP contribution in [0.15, 0.2) is 79.6 Å². The van der Waals surface area contributed by atoms with E-state index >= 15 is 0 Å². The third-order valence-electron chi connectivity index (χ3n) is 7.14. The molecule has 0 radical (unpaired) electrons. The zero-order valence-electron chi connectivity index (χ0n) is 20.1. The second-order valence-corrected chi connectivity index (χ2v) is 9.48. The average Bonchev–Trinajstić information content (AvgIpc) is 3.41. The van der Waals surface area contributed by atoms with Crippen molar-refractivity contribution in [2.24, 2.45) is 5.73 Å². The lowest BCUT2D eigenvalue weighted by atomic mass is 10.0. The van der Waals surface area contributed by atoms with Crippen molar-refractivity contribution in [1.29, 1.82) is 0 Å². The molecule has 6 nitrogen and oxygen atoms in total. The van der Waals surface area contributed by atoms with Gasteiger partial charge in [0.2, 0.25) is 0 Å². The van der Waals surface area contributed by atoms with Crippen molar-refractivity contribution in [2.45, 2.75) is 32.4 Å². The summed E-state index contributed by atoms with van der Waals surface area (Å²) in [5.41, 5.74) is 14.7. The Morgan fingerprint density at radius 3 is 2.80 bits per heavy atom. The van der Waals surface area contributed by atoms with Gasteiger partial charge in [0.05, 0.1) is 17.9 Å². The van der Waals surface area contributed by atoms with Gasteiger partial charge in [-0.1, -0.05) is 30.8 Å². The highest BCUT2D eigenvalue weighted by atomic mass is 15.2. The zero-order valence-corrected chi connectivity index (χ0v) is 20.1. The molecule has 6 heteroatoms. The number of aromatic nitrogens is 4. The molecule has 1 fully saturated rings. The summed E-state index contributed by atoms with van der Waals surface area (Å²) in [6.07, 6.45) is 6.14. The molecule has 4 aromatic heterocycles. The number of piperidine rings is 1. The molecule has 6 rings (SSSR count). The van der Waals surface area contributed by atoms with Crippen molar-refractivity contribution in [3.63, 3.8) is 0 Å². The SMILES string of the molecule is C=C(c1ccn2c(C)c(-c3cc4ccccc4n3Cc3ccccn3)nc2c1)N1CCC[C@@H](N)C1. The Bertz CT molecular complexity index is 1530. The van der Waals surface area contributed by atoms with E-state index in [1.807, 2.05) is 18.3 Å². The van der Waals surface area contributed by atoms with Crippen molar-refractivity contribution in [3.05, 3.63) is 96.6 Å². The molecule has 1 saturated heterocycles. The molecular formula is C29H30N6. The van der Waals surface area contributed by atoms with Crippen LogP contribution in [0.3, 0.4) is 0 Å². The Hall–Kier alpha value is -3.90. The minimum absolute atomic E-state index is 0.213. The maximum Gasteiger partial charge on any atom is 0.138 e. The molecule has 5 aromatic rings. The van der Waals surface area contributed by atoms with Crippen molar-refractivity contribution in [3.8, 4) is 11.4 Å². The van der Waals surface area contributed by atoms with E-state index in [1.165, 1.54) is 10.9 Å². The first-order chi connectivity index (χ1) is 17.1. The summed E-state index contributed by atoms with van der Waals surface area (Å²) in [7, 11) is 0. The van der Waals surface area contributed by atoms with Gasteiger partial charge in [-0.05, 0) is 56.2 Å². The van der Waals surface area contributed by atoms with Gasteiger partial charge < -0.3 is 19.6 Å². The van der Waals surface area contributed by atoms with Gasteiger partial charge in [-0.15, -0.1) is 0 Å². The lowest BCUT2D eigenvalue weighted by molar-refractivity contribution is 0.296. The number of nitrogens with two attached hydrogens (primary N) is 1. The number of rotatable bonds is 5. The molecule has 1 aliphatic rings. The molecule has 1 atom stereocenters. The molecule has 0 aliphatic carbocycles. The Morgan fingerprint density at radius 1 is 1.11 bits per heavy atom. The van der Waals surface area contributed by atoms with Gasteiger partial charge in [-0.3, -0.25) is 4.98 Å². The molecule has 1 aromatic carbocycles. The molecule has 0 bridgehead atoms. The number of para-hydroxylation sites is 1. The van der Waals surface area contributed by atoms with Crippen LogP contribution in [-0.2, 0) is 6.54 Å². The quantitative estimate of drug-likeness (QED) is 0.395. The van der Waals surface area contributed by atoms with E-state index in [-0.39, 0.29) is 6.04 Å². The van der Waals surface area contributed by atoms with E-state index in [4.69, 9.17) is 10.7 Å². The largest absolute Gasteiger partial charge is 0.370 e. The Labute approximate surface area is 205 Å². The number of nitrogens with zero attached hydrogens (tertiary/aromatic N) is 5. The fraction of sp³-hybridized carbons (Fsp3) is 0.241. The predicted octanol–water partition coefficient (Wildman–Crippen LogP) is 5.10. The van der Waals surface area contributed by atoms with Crippen LogP contribution in [-0.4, -0.2) is 43.0 Å². The number of hydrogen-bond acceptors (Lipinski definition) is 4. The maximum absolute atomic E-state index is 6.21. The first-order valence-corrected chi connectivity index (χ1v) is 12.3. The second-order valence-electron chi connectivity index (χ2n) is 9.48. The molecule has 0 spiro atoms. The number of benzene rings is 1. The Kier molecular flexibility index (Phi) is 5.38. The Morgan fingerprint density at radius 2 is 1.97 bits per heavy atom. The highest BCUT2D eigenvalue weighted by Crippen LogP contribution is 2.32. The van der Waals surface area contributed by atoms with Gasteiger partial charge in [-0.2, -0.15) is 0 Å². The summed E-state index contributed by atoms with van der Waals surface area (Å²) in [6.45, 7) is 9.07. The first kappa shape index (κ1) is 21.6. The van der Waals surface area contributed by atoms with Crippen molar-refractivity contribution < 1.29 is 0 Å². The van der Waals surface area contributed by atoms with E-state index in [1.54, 1.807) is 0 Å². The highest BCUT2D eigenvalue weighted by molar-refractivity contribution is 5.87. The predicted molar refractivity (Wildman–Crippen MR) is 142 cm³/mol. The van der Waals surface area contributed by atoms with Crippen LogP contribution in [0.4, 0.5) is 0 Å². The number of fused-ring (bicyclic) bond motifs is 2. The molecule has 5 heterocycles. The van der Waals surface area contributed by atoms with Crippen LogP contribution >= 0.6 is 0 Å². The first-order valence-electron chi connectivity index (χ1n) is 12.3. The summed E-state index contributed by atoms with van der Waals surface area (Å²) in [6, 6.07) is 21.3. The molecule has 35 heavy (non-hydrogen) atoms. The number of pyridine rings is 2. The number of aryl methyl sites for hydroxylation is 1. The lowest BCUT2D eigenvalue weighted by Gasteiger charge is -2.34. The van der Waals surface area contributed by atoms with Crippen LogP contribution in [0.5, 0.6) is 0 Å². The molecule has 0 amide bonds. The summed E-state index contributed by atoms with van der Waals surface area (Å²) in [4.78, 5) is 12.0. The van der Waals surface area contributed by atoms with Gasteiger partial charge in [0.1, 0.15) is 11.3 Å². The van der Waals surface area contributed by atoms with E-state index in [0.29, 0.717) is 6.54 Å².